The molecule has 1 aliphatic carbocycles. The molecule has 1 aromatic rings. The van der Waals surface area contributed by atoms with Crippen molar-refractivity contribution in [3.8, 4) is 0 Å². The van der Waals surface area contributed by atoms with E-state index >= 15 is 0 Å². The SMILES string of the molecule is O=C(O)C1CCC(CNCc2ncc(Cl)s2)CC1. The van der Waals surface area contributed by atoms with Crippen LogP contribution in [0.4, 0.5) is 0 Å². The zero-order valence-electron chi connectivity index (χ0n) is 10.1. The molecule has 2 N–H and O–H groups in total. The molecule has 0 saturated heterocycles. The molecule has 4 nitrogen and oxygen atoms in total. The van der Waals surface area contributed by atoms with Gasteiger partial charge < -0.3 is 10.4 Å². The molecule has 18 heavy (non-hydrogen) atoms. The molecule has 0 spiro atoms. The highest BCUT2D eigenvalue weighted by Crippen LogP contribution is 2.28. The minimum Gasteiger partial charge on any atom is -0.481 e. The van der Waals surface area contributed by atoms with Crippen molar-refractivity contribution in [2.45, 2.75) is 32.2 Å². The normalized spacial score (nSPS) is 24.1. The fourth-order valence-electron chi connectivity index (χ4n) is 2.37. The van der Waals surface area contributed by atoms with Crippen LogP contribution in [0, 0.1) is 11.8 Å². The number of rotatable bonds is 5. The van der Waals surface area contributed by atoms with Gasteiger partial charge in [-0.05, 0) is 38.1 Å². The maximum absolute atomic E-state index is 10.8. The van der Waals surface area contributed by atoms with E-state index in [-0.39, 0.29) is 5.92 Å². The Hall–Kier alpha value is -0.650. The number of hydrogen-bond acceptors (Lipinski definition) is 4. The minimum atomic E-state index is -0.640. The van der Waals surface area contributed by atoms with Gasteiger partial charge in [-0.2, -0.15) is 0 Å². The minimum absolute atomic E-state index is 0.126. The number of carboxylic acids is 1. The summed E-state index contributed by atoms with van der Waals surface area (Å²) in [5.41, 5.74) is 0. The van der Waals surface area contributed by atoms with Crippen molar-refractivity contribution in [2.24, 2.45) is 11.8 Å². The molecule has 1 saturated carbocycles. The lowest BCUT2D eigenvalue weighted by Crippen LogP contribution is -2.28. The molecule has 0 radical (unpaired) electrons. The van der Waals surface area contributed by atoms with E-state index in [1.807, 2.05) is 0 Å². The first kappa shape index (κ1) is 13.8. The van der Waals surface area contributed by atoms with Crippen LogP contribution in [-0.4, -0.2) is 22.6 Å². The van der Waals surface area contributed by atoms with Crippen LogP contribution in [0.25, 0.3) is 0 Å². The van der Waals surface area contributed by atoms with Crippen LogP contribution in [-0.2, 0) is 11.3 Å². The average Bonchev–Trinajstić information content (AvgIpc) is 2.76. The van der Waals surface area contributed by atoms with Gasteiger partial charge in [-0.25, -0.2) is 4.98 Å². The van der Waals surface area contributed by atoms with E-state index in [1.165, 1.54) is 11.3 Å². The fraction of sp³-hybridized carbons (Fsp3) is 0.667. The molecule has 0 aromatic carbocycles. The summed E-state index contributed by atoms with van der Waals surface area (Å²) in [7, 11) is 0. The molecular weight excluding hydrogens is 272 g/mol. The van der Waals surface area contributed by atoms with Crippen molar-refractivity contribution in [1.29, 1.82) is 0 Å². The largest absolute Gasteiger partial charge is 0.481 e. The molecule has 0 aliphatic heterocycles. The van der Waals surface area contributed by atoms with Crippen LogP contribution in [0.5, 0.6) is 0 Å². The highest BCUT2D eigenvalue weighted by Gasteiger charge is 2.25. The summed E-state index contributed by atoms with van der Waals surface area (Å²) in [5, 5.41) is 13.3. The van der Waals surface area contributed by atoms with Crippen molar-refractivity contribution in [3.05, 3.63) is 15.5 Å². The molecule has 6 heteroatoms. The van der Waals surface area contributed by atoms with Crippen LogP contribution in [0.15, 0.2) is 6.20 Å². The van der Waals surface area contributed by atoms with E-state index in [0.29, 0.717) is 10.3 Å². The Labute approximate surface area is 115 Å². The monoisotopic (exact) mass is 288 g/mol. The van der Waals surface area contributed by atoms with Gasteiger partial charge in [0.1, 0.15) is 9.34 Å². The summed E-state index contributed by atoms with van der Waals surface area (Å²) in [6.07, 6.45) is 5.29. The van der Waals surface area contributed by atoms with Crippen LogP contribution in [0.2, 0.25) is 4.34 Å². The Kier molecular flexibility index (Phi) is 4.97. The van der Waals surface area contributed by atoms with E-state index < -0.39 is 5.97 Å². The molecule has 1 aromatic heterocycles. The zero-order valence-corrected chi connectivity index (χ0v) is 11.6. The number of halogens is 1. The first-order valence-corrected chi connectivity index (χ1v) is 7.38. The number of carboxylic acid groups (broad SMARTS) is 1. The Morgan fingerprint density at radius 1 is 1.50 bits per heavy atom. The lowest BCUT2D eigenvalue weighted by atomic mass is 9.82. The summed E-state index contributed by atoms with van der Waals surface area (Å²) < 4.78 is 0.716. The van der Waals surface area contributed by atoms with Gasteiger partial charge in [0, 0.05) is 6.54 Å². The smallest absolute Gasteiger partial charge is 0.306 e. The fourth-order valence-corrected chi connectivity index (χ4v) is 3.29. The summed E-state index contributed by atoms with van der Waals surface area (Å²) in [6.45, 7) is 1.68. The van der Waals surface area contributed by atoms with Crippen LogP contribution in [0.3, 0.4) is 0 Å². The predicted octanol–water partition coefficient (Wildman–Crippen LogP) is 2.78. The molecule has 2 rings (SSSR count). The Morgan fingerprint density at radius 3 is 2.78 bits per heavy atom. The lowest BCUT2D eigenvalue weighted by Gasteiger charge is -2.26. The van der Waals surface area contributed by atoms with E-state index in [4.69, 9.17) is 16.7 Å². The highest BCUT2D eigenvalue weighted by molar-refractivity contribution is 7.15. The van der Waals surface area contributed by atoms with Gasteiger partial charge in [-0.3, -0.25) is 4.79 Å². The number of hydrogen-bond donors (Lipinski definition) is 2. The van der Waals surface area contributed by atoms with Crippen molar-refractivity contribution in [3.63, 3.8) is 0 Å². The van der Waals surface area contributed by atoms with Gasteiger partial charge in [-0.1, -0.05) is 11.6 Å². The van der Waals surface area contributed by atoms with Crippen LogP contribution in [0.1, 0.15) is 30.7 Å². The number of nitrogens with one attached hydrogen (secondary N) is 1. The summed E-state index contributed by atoms with van der Waals surface area (Å²) >= 11 is 7.30. The molecule has 0 amide bonds. The van der Waals surface area contributed by atoms with Gasteiger partial charge >= 0.3 is 5.97 Å². The number of carbonyl (C=O) groups is 1. The molecule has 1 heterocycles. The predicted molar refractivity (Wildman–Crippen MR) is 71.9 cm³/mol. The van der Waals surface area contributed by atoms with Crippen molar-refractivity contribution < 1.29 is 9.90 Å². The van der Waals surface area contributed by atoms with Crippen molar-refractivity contribution in [1.82, 2.24) is 10.3 Å². The van der Waals surface area contributed by atoms with Gasteiger partial charge in [0.2, 0.25) is 0 Å². The summed E-state index contributed by atoms with van der Waals surface area (Å²) in [5.74, 6) is -0.172. The highest BCUT2D eigenvalue weighted by atomic mass is 35.5. The van der Waals surface area contributed by atoms with E-state index in [1.54, 1.807) is 6.20 Å². The van der Waals surface area contributed by atoms with Crippen molar-refractivity contribution in [2.75, 3.05) is 6.54 Å². The number of aliphatic carboxylic acids is 1. The molecule has 100 valence electrons. The van der Waals surface area contributed by atoms with Gasteiger partial charge in [-0.15, -0.1) is 11.3 Å². The van der Waals surface area contributed by atoms with E-state index in [9.17, 15) is 4.79 Å². The number of thiazole rings is 1. The Balaban J connectivity index is 1.65. The third-order valence-electron chi connectivity index (χ3n) is 3.43. The van der Waals surface area contributed by atoms with Crippen molar-refractivity contribution >= 4 is 28.9 Å². The molecular formula is C12H17ClN2O2S. The number of aromatic nitrogens is 1. The second kappa shape index (κ2) is 6.50. The van der Waals surface area contributed by atoms with Gasteiger partial charge in [0.05, 0.1) is 12.1 Å². The Bertz CT molecular complexity index is 403. The van der Waals surface area contributed by atoms with Gasteiger partial charge in [0.15, 0.2) is 0 Å². The molecule has 0 unspecified atom stereocenters. The van der Waals surface area contributed by atoms with E-state index in [0.717, 1.165) is 43.8 Å². The lowest BCUT2D eigenvalue weighted by molar-refractivity contribution is -0.143. The maximum atomic E-state index is 10.8. The summed E-state index contributed by atoms with van der Waals surface area (Å²) in [4.78, 5) is 15.0. The zero-order chi connectivity index (χ0) is 13.0. The van der Waals surface area contributed by atoms with Crippen LogP contribution < -0.4 is 5.32 Å². The number of nitrogens with zero attached hydrogens (tertiary/aromatic N) is 1. The molecule has 1 aliphatic rings. The second-order valence-corrected chi connectivity index (χ2v) is 6.49. The van der Waals surface area contributed by atoms with E-state index in [2.05, 4.69) is 10.3 Å². The average molecular weight is 289 g/mol. The molecule has 0 bridgehead atoms. The second-order valence-electron chi connectivity index (χ2n) is 4.74. The summed E-state index contributed by atoms with van der Waals surface area (Å²) in [6, 6.07) is 0. The molecule has 1 fully saturated rings. The quantitative estimate of drug-likeness (QED) is 0.874. The third kappa shape index (κ3) is 3.93. The first-order valence-electron chi connectivity index (χ1n) is 6.19. The van der Waals surface area contributed by atoms with Gasteiger partial charge in [0.25, 0.3) is 0 Å². The van der Waals surface area contributed by atoms with Crippen LogP contribution >= 0.6 is 22.9 Å². The third-order valence-corrected chi connectivity index (χ3v) is 4.55. The molecule has 0 atom stereocenters. The first-order chi connectivity index (χ1) is 8.65. The standard InChI is InChI=1S/C12H17ClN2O2S/c13-10-6-15-11(18-10)7-14-5-8-1-3-9(4-2-8)12(16)17/h6,8-9,14H,1-5,7H2,(H,16,17). The topological polar surface area (TPSA) is 62.2 Å². The Morgan fingerprint density at radius 2 is 2.22 bits per heavy atom. The maximum Gasteiger partial charge on any atom is 0.306 e.